The van der Waals surface area contributed by atoms with Crippen molar-refractivity contribution in [2.75, 3.05) is 7.05 Å². The third kappa shape index (κ3) is 2.68. The fourth-order valence-corrected chi connectivity index (χ4v) is 1.69. The molecule has 0 aliphatic rings. The van der Waals surface area contributed by atoms with E-state index in [2.05, 4.69) is 4.72 Å². The molecular formula is C8H10FNO3S. The second kappa shape index (κ2) is 3.93. The van der Waals surface area contributed by atoms with Gasteiger partial charge in [-0.3, -0.25) is 0 Å². The van der Waals surface area contributed by atoms with E-state index in [4.69, 9.17) is 5.11 Å². The minimum absolute atomic E-state index is 0.287. The second-order valence-electron chi connectivity index (χ2n) is 2.75. The van der Waals surface area contributed by atoms with Crippen LogP contribution in [0, 0.1) is 5.82 Å². The predicted molar refractivity (Wildman–Crippen MR) is 49.7 cm³/mol. The van der Waals surface area contributed by atoms with Crippen molar-refractivity contribution >= 4 is 10.0 Å². The monoisotopic (exact) mass is 219 g/mol. The summed E-state index contributed by atoms with van der Waals surface area (Å²) in [4.78, 5) is 0. The van der Waals surface area contributed by atoms with Crippen LogP contribution in [0.5, 0.6) is 5.75 Å². The lowest BCUT2D eigenvalue weighted by molar-refractivity contribution is 0.432. The molecule has 0 saturated heterocycles. The highest BCUT2D eigenvalue weighted by atomic mass is 32.2. The van der Waals surface area contributed by atoms with Crippen LogP contribution < -0.4 is 4.72 Å². The summed E-state index contributed by atoms with van der Waals surface area (Å²) in [6.07, 6.45) is 0. The largest absolute Gasteiger partial charge is 0.505 e. The average Bonchev–Trinajstić information content (AvgIpc) is 2.11. The van der Waals surface area contributed by atoms with E-state index in [1.165, 1.54) is 13.1 Å². The standard InChI is InChI=1S/C8H10FNO3S/c1-10-14(12,13)5-6-2-3-8(11)7(9)4-6/h2-4,10-11H,5H2,1H3. The molecule has 1 rings (SSSR count). The first-order valence-electron chi connectivity index (χ1n) is 3.83. The van der Waals surface area contributed by atoms with Crippen LogP contribution in [0.3, 0.4) is 0 Å². The van der Waals surface area contributed by atoms with Gasteiger partial charge < -0.3 is 5.11 Å². The zero-order valence-electron chi connectivity index (χ0n) is 7.49. The van der Waals surface area contributed by atoms with Crippen molar-refractivity contribution < 1.29 is 17.9 Å². The van der Waals surface area contributed by atoms with Gasteiger partial charge in [0.25, 0.3) is 0 Å². The molecule has 1 aromatic rings. The van der Waals surface area contributed by atoms with Gasteiger partial charge in [0.05, 0.1) is 5.75 Å². The highest BCUT2D eigenvalue weighted by molar-refractivity contribution is 7.88. The molecule has 0 heterocycles. The third-order valence-electron chi connectivity index (χ3n) is 1.68. The Labute approximate surface area is 81.4 Å². The smallest absolute Gasteiger partial charge is 0.215 e. The average molecular weight is 219 g/mol. The second-order valence-corrected chi connectivity index (χ2v) is 4.68. The maximum Gasteiger partial charge on any atom is 0.215 e. The molecule has 0 aliphatic carbocycles. The van der Waals surface area contributed by atoms with Gasteiger partial charge in [0, 0.05) is 0 Å². The number of hydrogen-bond acceptors (Lipinski definition) is 3. The molecule has 0 amide bonds. The van der Waals surface area contributed by atoms with Crippen LogP contribution in [0.25, 0.3) is 0 Å². The highest BCUT2D eigenvalue weighted by Crippen LogP contribution is 2.17. The number of sulfonamides is 1. The van der Waals surface area contributed by atoms with E-state index in [0.717, 1.165) is 12.1 Å². The predicted octanol–water partition coefficient (Wildman–Crippen LogP) is 0.580. The van der Waals surface area contributed by atoms with E-state index in [9.17, 15) is 12.8 Å². The first-order valence-corrected chi connectivity index (χ1v) is 5.48. The molecule has 0 spiro atoms. The Bertz CT molecular complexity index is 430. The van der Waals surface area contributed by atoms with Gasteiger partial charge in [-0.2, -0.15) is 0 Å². The van der Waals surface area contributed by atoms with E-state index in [1.54, 1.807) is 0 Å². The van der Waals surface area contributed by atoms with E-state index in [-0.39, 0.29) is 11.3 Å². The molecule has 0 aliphatic heterocycles. The lowest BCUT2D eigenvalue weighted by atomic mass is 10.2. The molecule has 6 heteroatoms. The van der Waals surface area contributed by atoms with Crippen LogP contribution in [0.4, 0.5) is 4.39 Å². The molecule has 4 nitrogen and oxygen atoms in total. The van der Waals surface area contributed by atoms with Crippen LogP contribution in [-0.4, -0.2) is 20.6 Å². The molecule has 78 valence electrons. The van der Waals surface area contributed by atoms with Gasteiger partial charge in [-0.15, -0.1) is 0 Å². The fourth-order valence-electron chi connectivity index (χ4n) is 0.932. The minimum Gasteiger partial charge on any atom is -0.505 e. The molecule has 0 atom stereocenters. The summed E-state index contributed by atoms with van der Waals surface area (Å²) in [5, 5.41) is 8.86. The topological polar surface area (TPSA) is 66.4 Å². The number of rotatable bonds is 3. The summed E-state index contributed by atoms with van der Waals surface area (Å²) in [6, 6.07) is 3.47. The van der Waals surface area contributed by atoms with Gasteiger partial charge in [0.15, 0.2) is 11.6 Å². The van der Waals surface area contributed by atoms with Crippen molar-refractivity contribution in [3.05, 3.63) is 29.6 Å². The van der Waals surface area contributed by atoms with Crippen LogP contribution in [-0.2, 0) is 15.8 Å². The van der Waals surface area contributed by atoms with Gasteiger partial charge >= 0.3 is 0 Å². The summed E-state index contributed by atoms with van der Waals surface area (Å²) in [5.74, 6) is -1.62. The molecular weight excluding hydrogens is 209 g/mol. The lowest BCUT2D eigenvalue weighted by Crippen LogP contribution is -2.20. The van der Waals surface area contributed by atoms with Crippen molar-refractivity contribution in [3.63, 3.8) is 0 Å². The van der Waals surface area contributed by atoms with E-state index in [0.29, 0.717) is 0 Å². The SMILES string of the molecule is CNS(=O)(=O)Cc1ccc(O)c(F)c1. The molecule has 2 N–H and O–H groups in total. The fraction of sp³-hybridized carbons (Fsp3) is 0.250. The van der Waals surface area contributed by atoms with Crippen LogP contribution in [0.2, 0.25) is 0 Å². The summed E-state index contributed by atoms with van der Waals surface area (Å²) in [5.41, 5.74) is 0.287. The van der Waals surface area contributed by atoms with Crippen LogP contribution in [0.1, 0.15) is 5.56 Å². The van der Waals surface area contributed by atoms with E-state index >= 15 is 0 Å². The first-order chi connectivity index (χ1) is 6.44. The van der Waals surface area contributed by atoms with Gasteiger partial charge in [-0.25, -0.2) is 17.5 Å². The molecule has 0 unspecified atom stereocenters. The van der Waals surface area contributed by atoms with Crippen molar-refractivity contribution in [1.29, 1.82) is 0 Å². The number of halogens is 1. The molecule has 0 bridgehead atoms. The summed E-state index contributed by atoms with van der Waals surface area (Å²) >= 11 is 0. The maximum atomic E-state index is 12.8. The number of benzene rings is 1. The van der Waals surface area contributed by atoms with Crippen molar-refractivity contribution in [2.24, 2.45) is 0 Å². The van der Waals surface area contributed by atoms with Gasteiger partial charge in [0.2, 0.25) is 10.0 Å². The number of phenolic OH excluding ortho intramolecular Hbond substituents is 1. The van der Waals surface area contributed by atoms with Crippen molar-refractivity contribution in [2.45, 2.75) is 5.75 Å². The molecule has 0 fully saturated rings. The van der Waals surface area contributed by atoms with Crippen LogP contribution >= 0.6 is 0 Å². The first kappa shape index (κ1) is 10.9. The minimum atomic E-state index is -3.40. The molecule has 0 radical (unpaired) electrons. The summed E-state index contributed by atoms with van der Waals surface area (Å²) < 4.78 is 37.0. The van der Waals surface area contributed by atoms with Gasteiger partial charge in [-0.05, 0) is 24.7 Å². The molecule has 1 aromatic carbocycles. The van der Waals surface area contributed by atoms with Gasteiger partial charge in [-0.1, -0.05) is 6.07 Å². The van der Waals surface area contributed by atoms with Gasteiger partial charge in [0.1, 0.15) is 0 Å². The summed E-state index contributed by atoms with van der Waals surface area (Å²) in [6.45, 7) is 0. The number of aromatic hydroxyl groups is 1. The van der Waals surface area contributed by atoms with Crippen molar-refractivity contribution in [3.8, 4) is 5.75 Å². The van der Waals surface area contributed by atoms with Crippen molar-refractivity contribution in [1.82, 2.24) is 4.72 Å². The Morgan fingerprint density at radius 1 is 1.50 bits per heavy atom. The van der Waals surface area contributed by atoms with E-state index < -0.39 is 21.6 Å². The Balaban J connectivity index is 2.94. The number of phenols is 1. The Morgan fingerprint density at radius 3 is 2.64 bits per heavy atom. The number of nitrogens with one attached hydrogen (secondary N) is 1. The Hall–Kier alpha value is -1.14. The van der Waals surface area contributed by atoms with E-state index in [1.807, 2.05) is 0 Å². The summed E-state index contributed by atoms with van der Waals surface area (Å²) in [7, 11) is -2.12. The highest BCUT2D eigenvalue weighted by Gasteiger charge is 2.10. The zero-order chi connectivity index (χ0) is 10.8. The Kier molecular flexibility index (Phi) is 3.07. The lowest BCUT2D eigenvalue weighted by Gasteiger charge is -2.03. The molecule has 0 saturated carbocycles. The Morgan fingerprint density at radius 2 is 2.14 bits per heavy atom. The normalized spacial score (nSPS) is 11.6. The molecule has 14 heavy (non-hydrogen) atoms. The number of hydrogen-bond donors (Lipinski definition) is 2. The quantitative estimate of drug-likeness (QED) is 0.781. The maximum absolute atomic E-state index is 12.8. The zero-order valence-corrected chi connectivity index (χ0v) is 8.31. The third-order valence-corrected chi connectivity index (χ3v) is 3.02. The van der Waals surface area contributed by atoms with Crippen LogP contribution in [0.15, 0.2) is 18.2 Å². The molecule has 0 aromatic heterocycles.